The van der Waals surface area contributed by atoms with Gasteiger partial charge in [0.25, 0.3) is 10.0 Å². The summed E-state index contributed by atoms with van der Waals surface area (Å²) in [5.74, 6) is 0. The summed E-state index contributed by atoms with van der Waals surface area (Å²) in [6, 6.07) is 3.55. The number of piperidine rings is 1. The number of sulfonamides is 1. The van der Waals surface area contributed by atoms with Crippen molar-refractivity contribution in [1.82, 2.24) is 9.62 Å². The third-order valence-corrected chi connectivity index (χ3v) is 7.67. The molecule has 0 aliphatic carbocycles. The predicted molar refractivity (Wildman–Crippen MR) is 78.9 cm³/mol. The van der Waals surface area contributed by atoms with Crippen LogP contribution in [-0.2, 0) is 21.2 Å². The minimum Gasteiger partial charge on any atom is -0.441 e. The number of nitrogens with zero attached hydrogens (tertiary/aromatic N) is 1. The molecule has 0 radical (unpaired) electrons. The van der Waals surface area contributed by atoms with Crippen LogP contribution in [0.15, 0.2) is 16.3 Å². The van der Waals surface area contributed by atoms with Gasteiger partial charge in [0.15, 0.2) is 0 Å². The maximum Gasteiger partial charge on any atom is 0.407 e. The van der Waals surface area contributed by atoms with Crippen LogP contribution in [0.3, 0.4) is 0 Å². The summed E-state index contributed by atoms with van der Waals surface area (Å²) in [6.07, 6.45) is 1.51. The number of alkyl carbamates (subject to hydrolysis) is 1. The Kier molecular flexibility index (Phi) is 3.71. The fourth-order valence-electron chi connectivity index (χ4n) is 2.73. The molecule has 2 saturated heterocycles. The van der Waals surface area contributed by atoms with Gasteiger partial charge < -0.3 is 10.1 Å². The first kappa shape index (κ1) is 14.8. The third-order valence-electron chi connectivity index (χ3n) is 4.08. The van der Waals surface area contributed by atoms with E-state index in [1.54, 1.807) is 6.07 Å². The van der Waals surface area contributed by atoms with E-state index >= 15 is 0 Å². The van der Waals surface area contributed by atoms with Crippen LogP contribution < -0.4 is 5.32 Å². The molecule has 0 unspecified atom stereocenters. The lowest BCUT2D eigenvalue weighted by Gasteiger charge is -2.36. The molecule has 0 aromatic carbocycles. The van der Waals surface area contributed by atoms with E-state index in [0.717, 1.165) is 11.3 Å². The first-order valence-corrected chi connectivity index (χ1v) is 9.27. The van der Waals surface area contributed by atoms with Gasteiger partial charge in [-0.1, -0.05) is 6.92 Å². The van der Waals surface area contributed by atoms with Gasteiger partial charge in [0, 0.05) is 30.8 Å². The largest absolute Gasteiger partial charge is 0.441 e. The molecule has 1 N–H and O–H groups in total. The molecule has 6 nitrogen and oxygen atoms in total. The van der Waals surface area contributed by atoms with Crippen molar-refractivity contribution in [2.45, 2.75) is 36.0 Å². The molecule has 0 saturated carbocycles. The van der Waals surface area contributed by atoms with Crippen LogP contribution in [0.25, 0.3) is 0 Å². The Labute approximate surface area is 128 Å². The lowest BCUT2D eigenvalue weighted by Crippen LogP contribution is -2.48. The van der Waals surface area contributed by atoms with Gasteiger partial charge in [0.1, 0.15) is 9.81 Å². The monoisotopic (exact) mass is 330 g/mol. The number of hydrogen-bond donors (Lipinski definition) is 1. The molecular formula is C13H18N2O4S2. The first-order valence-electron chi connectivity index (χ1n) is 7.01. The molecule has 3 heterocycles. The van der Waals surface area contributed by atoms with Gasteiger partial charge in [-0.15, -0.1) is 11.3 Å². The SMILES string of the molecule is CCc1ccc(S(=O)(=O)N2CCC3(CC2)CNC(=O)O3)s1. The average Bonchev–Trinajstić information content (AvgIpc) is 3.07. The molecule has 21 heavy (non-hydrogen) atoms. The maximum atomic E-state index is 12.6. The quantitative estimate of drug-likeness (QED) is 0.913. The number of ether oxygens (including phenoxy) is 1. The van der Waals surface area contributed by atoms with Gasteiger partial charge in [-0.3, -0.25) is 0 Å². The number of hydrogen-bond acceptors (Lipinski definition) is 5. The highest BCUT2D eigenvalue weighted by atomic mass is 32.2. The molecule has 1 amide bonds. The van der Waals surface area contributed by atoms with E-state index in [1.807, 2.05) is 13.0 Å². The van der Waals surface area contributed by atoms with Gasteiger partial charge in [-0.05, 0) is 18.6 Å². The smallest absolute Gasteiger partial charge is 0.407 e. The Morgan fingerprint density at radius 1 is 1.38 bits per heavy atom. The van der Waals surface area contributed by atoms with E-state index in [2.05, 4.69) is 5.32 Å². The molecular weight excluding hydrogens is 312 g/mol. The van der Waals surface area contributed by atoms with Crippen molar-refractivity contribution in [3.63, 3.8) is 0 Å². The molecule has 116 valence electrons. The van der Waals surface area contributed by atoms with Gasteiger partial charge in [0.05, 0.1) is 6.54 Å². The Bertz CT molecular complexity index is 645. The zero-order chi connectivity index (χ0) is 15.1. The zero-order valence-corrected chi connectivity index (χ0v) is 13.4. The molecule has 0 atom stereocenters. The Hall–Kier alpha value is -1.12. The fraction of sp³-hybridized carbons (Fsp3) is 0.615. The van der Waals surface area contributed by atoms with Crippen LogP contribution in [0, 0.1) is 0 Å². The summed E-state index contributed by atoms with van der Waals surface area (Å²) in [4.78, 5) is 12.3. The standard InChI is InChI=1S/C13H18N2O4S2/c1-2-10-3-4-11(20-10)21(17,18)15-7-5-13(6-8-15)9-14-12(16)19-13/h3-4H,2,5-9H2,1H3,(H,14,16). The summed E-state index contributed by atoms with van der Waals surface area (Å²) in [5, 5.41) is 2.65. The van der Waals surface area contributed by atoms with E-state index in [0.29, 0.717) is 36.7 Å². The number of carbonyl (C=O) groups is 1. The Morgan fingerprint density at radius 2 is 2.10 bits per heavy atom. The first-order chi connectivity index (χ1) is 9.95. The van der Waals surface area contributed by atoms with Crippen molar-refractivity contribution in [2.75, 3.05) is 19.6 Å². The number of aryl methyl sites for hydroxylation is 1. The van der Waals surface area contributed by atoms with Gasteiger partial charge in [-0.2, -0.15) is 4.31 Å². The van der Waals surface area contributed by atoms with E-state index in [9.17, 15) is 13.2 Å². The van der Waals surface area contributed by atoms with Gasteiger partial charge in [0.2, 0.25) is 0 Å². The Balaban J connectivity index is 1.72. The second-order valence-corrected chi connectivity index (χ2v) is 8.74. The minimum absolute atomic E-state index is 0.386. The molecule has 1 aromatic heterocycles. The lowest BCUT2D eigenvalue weighted by atomic mass is 9.93. The summed E-state index contributed by atoms with van der Waals surface area (Å²) >= 11 is 1.33. The third kappa shape index (κ3) is 2.67. The van der Waals surface area contributed by atoms with Crippen LogP contribution in [0.5, 0.6) is 0 Å². The molecule has 2 aliphatic heterocycles. The average molecular weight is 330 g/mol. The van der Waals surface area contributed by atoms with Crippen molar-refractivity contribution in [2.24, 2.45) is 0 Å². The number of thiophene rings is 1. The number of nitrogens with one attached hydrogen (secondary N) is 1. The van der Waals surface area contributed by atoms with Crippen LogP contribution in [0.4, 0.5) is 4.79 Å². The summed E-state index contributed by atoms with van der Waals surface area (Å²) in [6.45, 7) is 3.25. The van der Waals surface area contributed by atoms with Crippen LogP contribution in [0.2, 0.25) is 0 Å². The van der Waals surface area contributed by atoms with Crippen molar-refractivity contribution >= 4 is 27.5 Å². The van der Waals surface area contributed by atoms with E-state index in [4.69, 9.17) is 4.74 Å². The van der Waals surface area contributed by atoms with Crippen LogP contribution in [-0.4, -0.2) is 44.1 Å². The van der Waals surface area contributed by atoms with E-state index in [-0.39, 0.29) is 0 Å². The predicted octanol–water partition coefficient (Wildman–Crippen LogP) is 1.57. The maximum absolute atomic E-state index is 12.6. The van der Waals surface area contributed by atoms with Crippen molar-refractivity contribution in [1.29, 1.82) is 0 Å². The second-order valence-electron chi connectivity index (χ2n) is 5.40. The van der Waals surface area contributed by atoms with E-state index < -0.39 is 21.7 Å². The molecule has 1 aromatic rings. The lowest BCUT2D eigenvalue weighted by molar-refractivity contribution is 0.0173. The van der Waals surface area contributed by atoms with Crippen molar-refractivity contribution < 1.29 is 17.9 Å². The highest BCUT2D eigenvalue weighted by molar-refractivity contribution is 7.91. The summed E-state index contributed by atoms with van der Waals surface area (Å²) in [7, 11) is -3.42. The highest BCUT2D eigenvalue weighted by Crippen LogP contribution is 2.33. The summed E-state index contributed by atoms with van der Waals surface area (Å²) in [5.41, 5.74) is -0.521. The Morgan fingerprint density at radius 3 is 2.62 bits per heavy atom. The van der Waals surface area contributed by atoms with Crippen LogP contribution in [0.1, 0.15) is 24.6 Å². The van der Waals surface area contributed by atoms with Crippen molar-refractivity contribution in [3.8, 4) is 0 Å². The fourth-order valence-corrected chi connectivity index (χ4v) is 5.62. The topological polar surface area (TPSA) is 75.7 Å². The van der Waals surface area contributed by atoms with Crippen LogP contribution >= 0.6 is 11.3 Å². The second kappa shape index (κ2) is 5.26. The number of rotatable bonds is 3. The summed E-state index contributed by atoms with van der Waals surface area (Å²) < 4.78 is 32.4. The minimum atomic E-state index is -3.42. The van der Waals surface area contributed by atoms with E-state index in [1.165, 1.54) is 15.6 Å². The molecule has 1 spiro atoms. The van der Waals surface area contributed by atoms with Crippen molar-refractivity contribution in [3.05, 3.63) is 17.0 Å². The molecule has 2 fully saturated rings. The molecule has 8 heteroatoms. The molecule has 2 aliphatic rings. The molecule has 0 bridgehead atoms. The normalized spacial score (nSPS) is 22.2. The van der Waals surface area contributed by atoms with Gasteiger partial charge in [-0.25, -0.2) is 13.2 Å². The zero-order valence-electron chi connectivity index (χ0n) is 11.8. The number of carbonyl (C=O) groups excluding carboxylic acids is 1. The van der Waals surface area contributed by atoms with Gasteiger partial charge >= 0.3 is 6.09 Å². The highest BCUT2D eigenvalue weighted by Gasteiger charge is 2.45. The molecule has 3 rings (SSSR count). The number of amides is 1.